The third kappa shape index (κ3) is 1.50. The third-order valence-electron chi connectivity index (χ3n) is 2.70. The van der Waals surface area contributed by atoms with Crippen LogP contribution in [0.25, 0.3) is 11.3 Å². The molecule has 0 atom stereocenters. The quantitative estimate of drug-likeness (QED) is 0.769. The summed E-state index contributed by atoms with van der Waals surface area (Å²) < 4.78 is 1.93. The monoisotopic (exact) mass is 201 g/mol. The molecule has 78 valence electrons. The molecule has 0 unspecified atom stereocenters. The molecule has 0 amide bonds. The molecule has 0 fully saturated rings. The van der Waals surface area contributed by atoms with Gasteiger partial charge in [-0.3, -0.25) is 0 Å². The van der Waals surface area contributed by atoms with Crippen molar-refractivity contribution in [1.29, 1.82) is 0 Å². The fourth-order valence-corrected chi connectivity index (χ4v) is 1.87. The van der Waals surface area contributed by atoms with E-state index >= 15 is 0 Å². The van der Waals surface area contributed by atoms with Gasteiger partial charge < -0.3 is 10.3 Å². The van der Waals surface area contributed by atoms with E-state index < -0.39 is 0 Å². The molecule has 0 saturated heterocycles. The van der Waals surface area contributed by atoms with Gasteiger partial charge in [0.25, 0.3) is 0 Å². The molecule has 2 aromatic rings. The molecule has 1 aromatic heterocycles. The molecular weight excluding hydrogens is 186 g/mol. The van der Waals surface area contributed by atoms with Crippen LogP contribution < -0.4 is 5.73 Å². The SMILES string of the molecule is Cc1ccccc1-c1c(C)nc(N)n1C. The van der Waals surface area contributed by atoms with Gasteiger partial charge in [-0.25, -0.2) is 4.98 Å². The standard InChI is InChI=1S/C12H15N3/c1-8-6-4-5-7-10(8)11-9(2)14-12(13)15(11)3/h4-7H,1-3H3,(H2,13,14). The lowest BCUT2D eigenvalue weighted by molar-refractivity contribution is 0.936. The van der Waals surface area contributed by atoms with E-state index in [-0.39, 0.29) is 0 Å². The normalized spacial score (nSPS) is 10.6. The molecule has 0 aliphatic rings. The Kier molecular flexibility index (Phi) is 2.23. The molecule has 1 aromatic carbocycles. The van der Waals surface area contributed by atoms with E-state index in [2.05, 4.69) is 24.0 Å². The number of nitrogens with two attached hydrogens (primary N) is 1. The summed E-state index contributed by atoms with van der Waals surface area (Å²) in [5, 5.41) is 0. The van der Waals surface area contributed by atoms with E-state index in [0.29, 0.717) is 5.95 Å². The molecule has 0 aliphatic heterocycles. The minimum Gasteiger partial charge on any atom is -0.369 e. The Balaban J connectivity index is 2.69. The average molecular weight is 201 g/mol. The lowest BCUT2D eigenvalue weighted by Gasteiger charge is -2.07. The molecule has 0 saturated carbocycles. The largest absolute Gasteiger partial charge is 0.369 e. The van der Waals surface area contributed by atoms with Gasteiger partial charge in [0.1, 0.15) is 0 Å². The summed E-state index contributed by atoms with van der Waals surface area (Å²) in [7, 11) is 1.94. The second kappa shape index (κ2) is 3.42. The van der Waals surface area contributed by atoms with Crippen LogP contribution in [0.5, 0.6) is 0 Å². The van der Waals surface area contributed by atoms with Crippen molar-refractivity contribution in [3.05, 3.63) is 35.5 Å². The highest BCUT2D eigenvalue weighted by Gasteiger charge is 2.12. The fraction of sp³-hybridized carbons (Fsp3) is 0.250. The van der Waals surface area contributed by atoms with E-state index in [1.165, 1.54) is 11.1 Å². The predicted molar refractivity (Wildman–Crippen MR) is 62.5 cm³/mol. The molecule has 0 aliphatic carbocycles. The second-order valence-electron chi connectivity index (χ2n) is 3.78. The van der Waals surface area contributed by atoms with Crippen LogP contribution in [-0.2, 0) is 7.05 Å². The number of nitrogen functional groups attached to an aromatic ring is 1. The van der Waals surface area contributed by atoms with Crippen LogP contribution in [0.15, 0.2) is 24.3 Å². The van der Waals surface area contributed by atoms with Crippen molar-refractivity contribution < 1.29 is 0 Å². The van der Waals surface area contributed by atoms with Gasteiger partial charge in [0.2, 0.25) is 5.95 Å². The maximum Gasteiger partial charge on any atom is 0.200 e. The summed E-state index contributed by atoms with van der Waals surface area (Å²) in [6.07, 6.45) is 0. The van der Waals surface area contributed by atoms with Crippen molar-refractivity contribution in [3.63, 3.8) is 0 Å². The summed E-state index contributed by atoms with van der Waals surface area (Å²) in [4.78, 5) is 4.27. The molecule has 2 rings (SSSR count). The molecule has 1 heterocycles. The smallest absolute Gasteiger partial charge is 0.200 e. The van der Waals surface area contributed by atoms with Crippen LogP contribution in [0.2, 0.25) is 0 Å². The van der Waals surface area contributed by atoms with Gasteiger partial charge >= 0.3 is 0 Å². The van der Waals surface area contributed by atoms with Crippen LogP contribution in [0.1, 0.15) is 11.3 Å². The van der Waals surface area contributed by atoms with E-state index in [0.717, 1.165) is 11.4 Å². The number of hydrogen-bond acceptors (Lipinski definition) is 2. The number of benzene rings is 1. The maximum atomic E-state index is 5.78. The predicted octanol–water partition coefficient (Wildman–Crippen LogP) is 2.29. The van der Waals surface area contributed by atoms with Crippen LogP contribution >= 0.6 is 0 Å². The Hall–Kier alpha value is -1.77. The Morgan fingerprint density at radius 2 is 1.87 bits per heavy atom. The van der Waals surface area contributed by atoms with E-state index in [4.69, 9.17) is 5.73 Å². The van der Waals surface area contributed by atoms with Gasteiger partial charge in [-0.05, 0) is 19.4 Å². The van der Waals surface area contributed by atoms with Crippen molar-refractivity contribution in [2.75, 3.05) is 5.73 Å². The molecule has 3 nitrogen and oxygen atoms in total. The number of aromatic nitrogens is 2. The van der Waals surface area contributed by atoms with Crippen LogP contribution in [-0.4, -0.2) is 9.55 Å². The zero-order valence-electron chi connectivity index (χ0n) is 9.28. The van der Waals surface area contributed by atoms with Gasteiger partial charge in [-0.15, -0.1) is 0 Å². The number of nitrogens with zero attached hydrogens (tertiary/aromatic N) is 2. The number of hydrogen-bond donors (Lipinski definition) is 1. The van der Waals surface area contributed by atoms with E-state index in [1.54, 1.807) is 0 Å². The summed E-state index contributed by atoms with van der Waals surface area (Å²) >= 11 is 0. The Morgan fingerprint density at radius 3 is 2.40 bits per heavy atom. The maximum absolute atomic E-state index is 5.78. The topological polar surface area (TPSA) is 43.8 Å². The molecule has 3 heteroatoms. The highest BCUT2D eigenvalue weighted by molar-refractivity contribution is 5.67. The molecule has 15 heavy (non-hydrogen) atoms. The first kappa shape index (κ1) is 9.77. The average Bonchev–Trinajstić information content (AvgIpc) is 2.43. The first-order chi connectivity index (χ1) is 7.11. The van der Waals surface area contributed by atoms with Crippen molar-refractivity contribution >= 4 is 5.95 Å². The molecular formula is C12H15N3. The first-order valence-electron chi connectivity index (χ1n) is 4.96. The summed E-state index contributed by atoms with van der Waals surface area (Å²) in [5.41, 5.74) is 10.3. The highest BCUT2D eigenvalue weighted by atomic mass is 15.1. The second-order valence-corrected chi connectivity index (χ2v) is 3.78. The first-order valence-corrected chi connectivity index (χ1v) is 4.96. The van der Waals surface area contributed by atoms with E-state index in [1.807, 2.05) is 30.7 Å². The molecule has 0 bridgehead atoms. The lowest BCUT2D eigenvalue weighted by Crippen LogP contribution is -1.99. The lowest BCUT2D eigenvalue weighted by atomic mass is 10.0. The van der Waals surface area contributed by atoms with Crippen LogP contribution in [0.4, 0.5) is 5.95 Å². The van der Waals surface area contributed by atoms with Gasteiger partial charge in [0, 0.05) is 12.6 Å². The molecule has 0 radical (unpaired) electrons. The minimum absolute atomic E-state index is 0.561. The summed E-state index contributed by atoms with van der Waals surface area (Å²) in [6.45, 7) is 4.08. The van der Waals surface area contributed by atoms with Crippen molar-refractivity contribution in [2.24, 2.45) is 7.05 Å². The number of imidazole rings is 1. The number of aryl methyl sites for hydroxylation is 2. The van der Waals surface area contributed by atoms with Gasteiger partial charge in [-0.1, -0.05) is 24.3 Å². The fourth-order valence-electron chi connectivity index (χ4n) is 1.87. The third-order valence-corrected chi connectivity index (χ3v) is 2.70. The van der Waals surface area contributed by atoms with Crippen LogP contribution in [0, 0.1) is 13.8 Å². The van der Waals surface area contributed by atoms with Gasteiger partial charge in [-0.2, -0.15) is 0 Å². The molecule has 2 N–H and O–H groups in total. The number of anilines is 1. The van der Waals surface area contributed by atoms with Gasteiger partial charge in [0.15, 0.2) is 0 Å². The minimum atomic E-state index is 0.561. The zero-order valence-corrected chi connectivity index (χ0v) is 9.28. The zero-order chi connectivity index (χ0) is 11.0. The van der Waals surface area contributed by atoms with Crippen molar-refractivity contribution in [2.45, 2.75) is 13.8 Å². The van der Waals surface area contributed by atoms with E-state index in [9.17, 15) is 0 Å². The van der Waals surface area contributed by atoms with Crippen LogP contribution in [0.3, 0.4) is 0 Å². The van der Waals surface area contributed by atoms with Gasteiger partial charge in [0.05, 0.1) is 11.4 Å². The summed E-state index contributed by atoms with van der Waals surface area (Å²) in [5.74, 6) is 0.561. The van der Waals surface area contributed by atoms with Crippen molar-refractivity contribution in [3.8, 4) is 11.3 Å². The Bertz CT molecular complexity index is 498. The number of rotatable bonds is 1. The Labute approximate surface area is 89.6 Å². The van der Waals surface area contributed by atoms with Crippen molar-refractivity contribution in [1.82, 2.24) is 9.55 Å². The highest BCUT2D eigenvalue weighted by Crippen LogP contribution is 2.27. The molecule has 0 spiro atoms. The summed E-state index contributed by atoms with van der Waals surface area (Å²) in [6, 6.07) is 8.26. The Morgan fingerprint density at radius 1 is 1.20 bits per heavy atom.